The van der Waals surface area contributed by atoms with Crippen LogP contribution in [-0.4, -0.2) is 38.3 Å². The Morgan fingerprint density at radius 1 is 1.43 bits per heavy atom. The number of rotatable bonds is 6. The summed E-state index contributed by atoms with van der Waals surface area (Å²) >= 11 is 0. The van der Waals surface area contributed by atoms with Crippen molar-refractivity contribution in [1.29, 1.82) is 0 Å². The molecule has 1 unspecified atom stereocenters. The highest BCUT2D eigenvalue weighted by atomic mass is 32.2. The molecule has 2 rings (SSSR count). The monoisotopic (exact) mass is 314 g/mol. The average molecular weight is 314 g/mol. The van der Waals surface area contributed by atoms with E-state index < -0.39 is 9.84 Å². The Bertz CT molecular complexity index is 618. The maximum Gasteiger partial charge on any atom is 0.223 e. The summed E-state index contributed by atoms with van der Waals surface area (Å²) in [7, 11) is -3.26. The predicted octanol–water partition coefficient (Wildman–Crippen LogP) is 0.830. The minimum atomic E-state index is -3.26. The van der Waals surface area contributed by atoms with Crippen LogP contribution in [0, 0.1) is 0 Å². The molecule has 2 heterocycles. The Hall–Kier alpha value is -1.34. The van der Waals surface area contributed by atoms with Gasteiger partial charge in [-0.05, 0) is 25.8 Å². The van der Waals surface area contributed by atoms with Crippen LogP contribution in [0.15, 0.2) is 17.1 Å². The van der Waals surface area contributed by atoms with Crippen molar-refractivity contribution in [3.63, 3.8) is 0 Å². The van der Waals surface area contributed by atoms with Crippen LogP contribution < -0.4 is 15.5 Å². The SMILES string of the molecule is CCCOc1c[nH]c(CS(=O)(=O)C2CCCNC2)cc1=O. The molecule has 2 N–H and O–H groups in total. The Labute approximate surface area is 124 Å². The maximum absolute atomic E-state index is 12.3. The minimum Gasteiger partial charge on any atom is -0.488 e. The van der Waals surface area contributed by atoms with Crippen molar-refractivity contribution >= 4 is 9.84 Å². The van der Waals surface area contributed by atoms with Gasteiger partial charge in [-0.1, -0.05) is 6.92 Å². The smallest absolute Gasteiger partial charge is 0.223 e. The lowest BCUT2D eigenvalue weighted by Crippen LogP contribution is -2.39. The van der Waals surface area contributed by atoms with E-state index in [0.717, 1.165) is 19.4 Å². The lowest BCUT2D eigenvalue weighted by Gasteiger charge is -2.22. The molecule has 0 spiro atoms. The van der Waals surface area contributed by atoms with Crippen LogP contribution >= 0.6 is 0 Å². The van der Waals surface area contributed by atoms with Gasteiger partial charge < -0.3 is 15.0 Å². The summed E-state index contributed by atoms with van der Waals surface area (Å²) in [5.74, 6) is 0.0974. The Balaban J connectivity index is 2.08. The molecule has 1 aromatic heterocycles. The summed E-state index contributed by atoms with van der Waals surface area (Å²) in [5, 5.41) is 2.73. The third-order valence-electron chi connectivity index (χ3n) is 3.51. The number of aromatic nitrogens is 1. The van der Waals surface area contributed by atoms with Gasteiger partial charge in [0, 0.05) is 24.5 Å². The number of hydrogen-bond donors (Lipinski definition) is 2. The van der Waals surface area contributed by atoms with Gasteiger partial charge >= 0.3 is 0 Å². The lowest BCUT2D eigenvalue weighted by molar-refractivity contribution is 0.313. The molecular weight excluding hydrogens is 292 g/mol. The average Bonchev–Trinajstić information content (AvgIpc) is 2.47. The van der Waals surface area contributed by atoms with Crippen molar-refractivity contribution in [1.82, 2.24) is 10.3 Å². The van der Waals surface area contributed by atoms with Crippen LogP contribution in [0.1, 0.15) is 31.9 Å². The quantitative estimate of drug-likeness (QED) is 0.812. The van der Waals surface area contributed by atoms with Crippen LogP contribution in [0.2, 0.25) is 0 Å². The molecule has 1 aliphatic rings. The molecule has 7 heteroatoms. The Kier molecular flexibility index (Phi) is 5.41. The van der Waals surface area contributed by atoms with Crippen LogP contribution in [0.4, 0.5) is 0 Å². The van der Waals surface area contributed by atoms with E-state index in [1.807, 2.05) is 6.92 Å². The third kappa shape index (κ3) is 4.31. The van der Waals surface area contributed by atoms with Crippen molar-refractivity contribution in [2.75, 3.05) is 19.7 Å². The zero-order chi connectivity index (χ0) is 15.3. The van der Waals surface area contributed by atoms with Gasteiger partial charge in [0.2, 0.25) is 5.43 Å². The van der Waals surface area contributed by atoms with E-state index >= 15 is 0 Å². The molecule has 6 nitrogen and oxygen atoms in total. The van der Waals surface area contributed by atoms with Crippen molar-refractivity contribution in [2.45, 2.75) is 37.2 Å². The first-order chi connectivity index (χ1) is 10.0. The first kappa shape index (κ1) is 16.0. The Morgan fingerprint density at radius 2 is 2.24 bits per heavy atom. The largest absolute Gasteiger partial charge is 0.488 e. The van der Waals surface area contributed by atoms with Crippen molar-refractivity contribution in [3.8, 4) is 5.75 Å². The van der Waals surface area contributed by atoms with Gasteiger partial charge in [-0.3, -0.25) is 4.79 Å². The first-order valence-electron chi connectivity index (χ1n) is 7.29. The maximum atomic E-state index is 12.3. The van der Waals surface area contributed by atoms with E-state index in [1.54, 1.807) is 0 Å². The number of pyridine rings is 1. The van der Waals surface area contributed by atoms with E-state index in [1.165, 1.54) is 12.3 Å². The van der Waals surface area contributed by atoms with Gasteiger partial charge in [0.25, 0.3) is 0 Å². The molecule has 1 aromatic rings. The number of aromatic amines is 1. The van der Waals surface area contributed by atoms with Crippen LogP contribution in [0.25, 0.3) is 0 Å². The second-order valence-corrected chi connectivity index (χ2v) is 7.59. The fourth-order valence-corrected chi connectivity index (χ4v) is 4.10. The third-order valence-corrected chi connectivity index (χ3v) is 5.65. The molecule has 0 radical (unpaired) electrons. The molecule has 1 saturated heterocycles. The molecule has 0 bridgehead atoms. The number of H-pyrrole nitrogens is 1. The molecule has 0 saturated carbocycles. The van der Waals surface area contributed by atoms with Gasteiger partial charge in [-0.25, -0.2) is 8.42 Å². The normalized spacial score (nSPS) is 19.4. The highest BCUT2D eigenvalue weighted by Crippen LogP contribution is 2.16. The minimum absolute atomic E-state index is 0.136. The molecule has 21 heavy (non-hydrogen) atoms. The lowest BCUT2D eigenvalue weighted by atomic mass is 10.2. The van der Waals surface area contributed by atoms with Crippen molar-refractivity contribution in [2.24, 2.45) is 0 Å². The molecule has 1 atom stereocenters. The molecule has 0 amide bonds. The summed E-state index contributed by atoms with van der Waals surface area (Å²) in [6, 6.07) is 1.32. The van der Waals surface area contributed by atoms with Crippen LogP contribution in [0.3, 0.4) is 0 Å². The van der Waals surface area contributed by atoms with E-state index in [9.17, 15) is 13.2 Å². The number of hydrogen-bond acceptors (Lipinski definition) is 5. The zero-order valence-electron chi connectivity index (χ0n) is 12.2. The molecule has 0 aliphatic carbocycles. The predicted molar refractivity (Wildman–Crippen MR) is 81.4 cm³/mol. The van der Waals surface area contributed by atoms with E-state index in [4.69, 9.17) is 4.74 Å². The number of ether oxygens (including phenoxy) is 1. The van der Waals surface area contributed by atoms with E-state index in [-0.39, 0.29) is 22.2 Å². The van der Waals surface area contributed by atoms with E-state index in [2.05, 4.69) is 10.3 Å². The number of nitrogens with one attached hydrogen (secondary N) is 2. The Morgan fingerprint density at radius 3 is 2.86 bits per heavy atom. The standard InChI is InChI=1S/C14H22N2O4S/c1-2-6-20-14-9-16-11(7-13(14)17)10-21(18,19)12-4-3-5-15-8-12/h7,9,12,15H,2-6,8,10H2,1H3,(H,16,17). The summed E-state index contributed by atoms with van der Waals surface area (Å²) in [5.41, 5.74) is 0.128. The summed E-state index contributed by atoms with van der Waals surface area (Å²) in [4.78, 5) is 14.7. The molecule has 0 aromatic carbocycles. The highest BCUT2D eigenvalue weighted by molar-refractivity contribution is 7.91. The van der Waals surface area contributed by atoms with Gasteiger partial charge in [0.1, 0.15) is 0 Å². The second-order valence-electron chi connectivity index (χ2n) is 5.31. The molecular formula is C14H22N2O4S. The van der Waals surface area contributed by atoms with Gasteiger partial charge in [0.15, 0.2) is 15.6 Å². The van der Waals surface area contributed by atoms with Crippen LogP contribution in [-0.2, 0) is 15.6 Å². The zero-order valence-corrected chi connectivity index (χ0v) is 13.0. The fourth-order valence-electron chi connectivity index (χ4n) is 2.37. The van der Waals surface area contributed by atoms with Crippen molar-refractivity contribution in [3.05, 3.63) is 28.2 Å². The van der Waals surface area contributed by atoms with Gasteiger partial charge in [-0.2, -0.15) is 0 Å². The number of piperidine rings is 1. The molecule has 118 valence electrons. The number of sulfone groups is 1. The molecule has 1 aliphatic heterocycles. The van der Waals surface area contributed by atoms with E-state index in [0.29, 0.717) is 25.3 Å². The fraction of sp³-hybridized carbons (Fsp3) is 0.643. The first-order valence-corrected chi connectivity index (χ1v) is 9.01. The summed E-state index contributed by atoms with van der Waals surface area (Å²) < 4.78 is 29.9. The summed E-state index contributed by atoms with van der Waals surface area (Å²) in [6.07, 6.45) is 3.80. The highest BCUT2D eigenvalue weighted by Gasteiger charge is 2.27. The summed E-state index contributed by atoms with van der Waals surface area (Å²) in [6.45, 7) is 3.78. The topological polar surface area (TPSA) is 88.3 Å². The van der Waals surface area contributed by atoms with Crippen LogP contribution in [0.5, 0.6) is 5.75 Å². The van der Waals surface area contributed by atoms with Crippen molar-refractivity contribution < 1.29 is 13.2 Å². The second kappa shape index (κ2) is 7.09. The van der Waals surface area contributed by atoms with Gasteiger partial charge in [0.05, 0.1) is 17.6 Å². The molecule has 1 fully saturated rings. The van der Waals surface area contributed by atoms with Gasteiger partial charge in [-0.15, -0.1) is 0 Å².